The number of aliphatic carboxylic acids is 1. The van der Waals surface area contributed by atoms with Crippen LogP contribution in [-0.4, -0.2) is 126 Å². The number of nitrogens with two attached hydrogens (primary N) is 1. The number of benzene rings is 1. The third-order valence-corrected chi connectivity index (χ3v) is 9.52. The molecule has 19 heteroatoms. The van der Waals surface area contributed by atoms with E-state index in [9.17, 15) is 48.3 Å². The lowest BCUT2D eigenvalue weighted by Crippen LogP contribution is -2.58. The highest BCUT2D eigenvalue weighted by atomic mass is 16.4. The molecular weight excluding hydrogens is 815 g/mol. The maximum atomic E-state index is 13.4. The van der Waals surface area contributed by atoms with Crippen LogP contribution in [0.5, 0.6) is 0 Å². The second-order valence-electron chi connectivity index (χ2n) is 16.3. The van der Waals surface area contributed by atoms with E-state index in [-0.39, 0.29) is 37.0 Å². The van der Waals surface area contributed by atoms with Crippen LogP contribution in [0.15, 0.2) is 42.5 Å². The molecule has 0 unspecified atom stereocenters. The zero-order valence-electron chi connectivity index (χ0n) is 38.8. The Balaban J connectivity index is 0.00000503. The molecule has 0 aliphatic rings. The second-order valence-corrected chi connectivity index (χ2v) is 16.3. The minimum Gasteiger partial charge on any atom is -0.480 e. The number of hydrogen-bond acceptors (Lipinski definition) is 10. The van der Waals surface area contributed by atoms with E-state index in [0.29, 0.717) is 5.56 Å². The molecule has 0 saturated heterocycles. The van der Waals surface area contributed by atoms with Crippen LogP contribution in [0.2, 0.25) is 0 Å². The molecule has 63 heavy (non-hydrogen) atoms. The Labute approximate surface area is 372 Å². The van der Waals surface area contributed by atoms with E-state index in [1.54, 1.807) is 44.2 Å². The summed E-state index contributed by atoms with van der Waals surface area (Å²) in [7, 11) is 0. The molecule has 0 aliphatic heterocycles. The van der Waals surface area contributed by atoms with Crippen molar-refractivity contribution < 1.29 is 48.3 Å². The van der Waals surface area contributed by atoms with Crippen LogP contribution in [0, 0.1) is 17.8 Å². The van der Waals surface area contributed by atoms with Gasteiger partial charge in [-0.2, -0.15) is 0 Å². The van der Waals surface area contributed by atoms with Gasteiger partial charge in [0, 0.05) is 18.6 Å². The first-order valence-electron chi connectivity index (χ1n) is 21.5. The lowest BCUT2D eigenvalue weighted by Gasteiger charge is -2.27. The zero-order valence-corrected chi connectivity index (χ0v) is 38.8. The van der Waals surface area contributed by atoms with Gasteiger partial charge in [-0.3, -0.25) is 38.4 Å². The maximum absolute atomic E-state index is 13.4. The van der Waals surface area contributed by atoms with Crippen molar-refractivity contribution in [1.29, 1.82) is 0 Å². The largest absolute Gasteiger partial charge is 0.480 e. The highest BCUT2D eigenvalue weighted by molar-refractivity contribution is 6.00. The van der Waals surface area contributed by atoms with Crippen LogP contribution in [0.4, 0.5) is 0 Å². The predicted molar refractivity (Wildman–Crippen MR) is 239 cm³/mol. The van der Waals surface area contributed by atoms with Crippen LogP contribution < -0.4 is 43.0 Å². The molecule has 0 spiro atoms. The summed E-state index contributed by atoms with van der Waals surface area (Å²) in [6.45, 7) is 23.1. The molecule has 8 amide bonds. The number of carbonyl (C=O) groups excluding carboxylic acids is 8. The van der Waals surface area contributed by atoms with Crippen molar-refractivity contribution in [3.8, 4) is 0 Å². The molecule has 6 atom stereocenters. The number of hydrogen-bond donors (Lipinski definition) is 9. The van der Waals surface area contributed by atoms with Gasteiger partial charge in [0.1, 0.15) is 36.3 Å². The molecule has 1 rings (SSSR count). The number of amides is 8. The van der Waals surface area contributed by atoms with Crippen molar-refractivity contribution >= 4 is 53.2 Å². The monoisotopic (exact) mass is 888 g/mol. The van der Waals surface area contributed by atoms with E-state index in [0.717, 1.165) is 12.2 Å². The standard InChI is InChI=1S/C38H58N8O10.C6H15N/c1-20(2)16-26(36(53)45-27(17-21(3)4)37(54)46-32(22(5)6)33(39)50)44-35(52)24(8)42-30(48)15-14-29(47)41-23(7)34(51)40-19-31(49)43-28(38(55)56)18-25-12-10-9-11-13-25;1-4-7(5-2)6-3/h9-15,20-24,26-28,32H,16-19H2,1-8H3,(H2,39,50)(H,40,51)(H,41,47)(H,42,48)(H,43,49)(H,44,52)(H,45,53)(H,46,54)(H,55,56);4-6H2,1-3H3/b15-14+;/t23-,24-,26-,27-,28-,32-;/m0./s1. The van der Waals surface area contributed by atoms with Gasteiger partial charge in [0.05, 0.1) is 6.54 Å². The third-order valence-electron chi connectivity index (χ3n) is 9.52. The third kappa shape index (κ3) is 24.4. The van der Waals surface area contributed by atoms with Crippen molar-refractivity contribution in [1.82, 2.24) is 42.1 Å². The van der Waals surface area contributed by atoms with Gasteiger partial charge < -0.3 is 53.0 Å². The fourth-order valence-electron chi connectivity index (χ4n) is 5.89. The Hall–Kier alpha value is -5.85. The van der Waals surface area contributed by atoms with E-state index in [1.165, 1.54) is 33.5 Å². The fourth-order valence-corrected chi connectivity index (χ4v) is 5.89. The Bertz CT molecular complexity index is 1680. The van der Waals surface area contributed by atoms with Crippen LogP contribution >= 0.6 is 0 Å². The maximum Gasteiger partial charge on any atom is 0.326 e. The summed E-state index contributed by atoms with van der Waals surface area (Å²) in [4.78, 5) is 115. The Morgan fingerprint density at radius 3 is 1.44 bits per heavy atom. The number of rotatable bonds is 26. The fraction of sp³-hybridized carbons (Fsp3) is 0.614. The predicted octanol–water partition coefficient (Wildman–Crippen LogP) is 0.516. The van der Waals surface area contributed by atoms with Gasteiger partial charge in [-0.25, -0.2) is 4.79 Å². The summed E-state index contributed by atoms with van der Waals surface area (Å²) >= 11 is 0. The Morgan fingerprint density at radius 1 is 0.603 bits per heavy atom. The van der Waals surface area contributed by atoms with E-state index >= 15 is 0 Å². The Morgan fingerprint density at radius 2 is 1.05 bits per heavy atom. The van der Waals surface area contributed by atoms with Crippen molar-refractivity contribution in [2.24, 2.45) is 23.5 Å². The van der Waals surface area contributed by atoms with Gasteiger partial charge in [-0.05, 0) is 69.6 Å². The van der Waals surface area contributed by atoms with Crippen molar-refractivity contribution in [3.63, 3.8) is 0 Å². The normalized spacial score (nSPS) is 14.0. The SMILES string of the molecule is CC(C)C[C@H](NC(=O)[C@H](C)NC(=O)/C=C/C(=O)N[C@@H](C)C(=O)NCC(=O)N[C@@H](Cc1ccccc1)C(=O)O)C(=O)N[C@@H](CC(C)C)C(=O)N[C@H](C(N)=O)C(C)C.CCN(CC)CC. The van der Waals surface area contributed by atoms with E-state index in [4.69, 9.17) is 5.73 Å². The number of nitrogens with zero attached hydrogens (tertiary/aromatic N) is 1. The van der Waals surface area contributed by atoms with E-state index in [1.807, 2.05) is 27.7 Å². The molecule has 1 aromatic rings. The number of nitrogens with one attached hydrogen (secondary N) is 7. The molecule has 0 bridgehead atoms. The molecule has 0 fully saturated rings. The number of primary amides is 1. The molecule has 0 heterocycles. The van der Waals surface area contributed by atoms with E-state index < -0.39 is 96.0 Å². The van der Waals surface area contributed by atoms with Crippen LogP contribution in [0.25, 0.3) is 0 Å². The van der Waals surface area contributed by atoms with Gasteiger partial charge >= 0.3 is 5.97 Å². The summed E-state index contributed by atoms with van der Waals surface area (Å²) in [5.41, 5.74) is 6.13. The average Bonchev–Trinajstić information content (AvgIpc) is 3.20. The molecule has 354 valence electrons. The molecule has 10 N–H and O–H groups in total. The van der Waals surface area contributed by atoms with Gasteiger partial charge in [0.25, 0.3) is 0 Å². The van der Waals surface area contributed by atoms with Crippen LogP contribution in [0.1, 0.15) is 94.6 Å². The van der Waals surface area contributed by atoms with Crippen LogP contribution in [0.3, 0.4) is 0 Å². The first-order chi connectivity index (χ1) is 29.4. The lowest BCUT2D eigenvalue weighted by atomic mass is 9.98. The number of carbonyl (C=O) groups is 9. The highest BCUT2D eigenvalue weighted by Gasteiger charge is 2.32. The van der Waals surface area contributed by atoms with Crippen molar-refractivity contribution in [2.45, 2.75) is 132 Å². The number of carboxylic acid groups (broad SMARTS) is 1. The van der Waals surface area contributed by atoms with E-state index in [2.05, 4.69) is 62.9 Å². The molecule has 0 aliphatic carbocycles. The summed E-state index contributed by atoms with van der Waals surface area (Å²) in [5, 5.41) is 26.7. The second kappa shape index (κ2) is 30.2. The first-order valence-corrected chi connectivity index (χ1v) is 21.5. The molecule has 0 aromatic heterocycles. The number of carboxylic acids is 1. The van der Waals surface area contributed by atoms with Gasteiger partial charge in [0.2, 0.25) is 47.3 Å². The van der Waals surface area contributed by atoms with Gasteiger partial charge in [-0.1, -0.05) is 92.6 Å². The highest BCUT2D eigenvalue weighted by Crippen LogP contribution is 2.11. The van der Waals surface area contributed by atoms with Gasteiger partial charge in [0.15, 0.2) is 0 Å². The zero-order chi connectivity index (χ0) is 48.4. The molecule has 1 aromatic carbocycles. The van der Waals surface area contributed by atoms with Crippen molar-refractivity contribution in [3.05, 3.63) is 48.0 Å². The van der Waals surface area contributed by atoms with Gasteiger partial charge in [-0.15, -0.1) is 0 Å². The smallest absolute Gasteiger partial charge is 0.326 e. The van der Waals surface area contributed by atoms with Crippen molar-refractivity contribution in [2.75, 3.05) is 26.2 Å². The molecular formula is C44H73N9O10. The first kappa shape index (κ1) is 57.1. The summed E-state index contributed by atoms with van der Waals surface area (Å²) in [6.07, 6.45) is 2.12. The quantitative estimate of drug-likeness (QED) is 0.0578. The summed E-state index contributed by atoms with van der Waals surface area (Å²) in [5.74, 6) is -7.52. The Kier molecular flexibility index (Phi) is 27.4. The minimum atomic E-state index is -1.25. The topological polar surface area (TPSA) is 287 Å². The average molecular weight is 888 g/mol. The molecule has 19 nitrogen and oxygen atoms in total. The minimum absolute atomic E-state index is 0.0231. The summed E-state index contributed by atoms with van der Waals surface area (Å²) < 4.78 is 0. The van der Waals surface area contributed by atoms with Crippen LogP contribution in [-0.2, 0) is 49.6 Å². The lowest BCUT2D eigenvalue weighted by molar-refractivity contribution is -0.141. The summed E-state index contributed by atoms with van der Waals surface area (Å²) in [6, 6.07) is 2.04. The molecule has 0 radical (unpaired) electrons. The molecule has 0 saturated carbocycles.